The van der Waals surface area contributed by atoms with Gasteiger partial charge in [-0.05, 0) is 31.5 Å². The molecule has 0 aromatic carbocycles. The number of aromatic nitrogens is 1. The minimum Gasteiger partial charge on any atom is -0.316 e. The SMILES string of the molecule is Cc1cccnc1C1CCNC1. The highest BCUT2D eigenvalue weighted by atomic mass is 14.9. The predicted molar refractivity (Wildman–Crippen MR) is 49.2 cm³/mol. The van der Waals surface area contributed by atoms with E-state index in [0.717, 1.165) is 13.1 Å². The Balaban J connectivity index is 2.26. The number of aryl methyl sites for hydroxylation is 1. The average molecular weight is 162 g/mol. The molecule has 2 rings (SSSR count). The summed E-state index contributed by atoms with van der Waals surface area (Å²) in [6, 6.07) is 4.14. The number of rotatable bonds is 1. The summed E-state index contributed by atoms with van der Waals surface area (Å²) in [5, 5.41) is 3.36. The van der Waals surface area contributed by atoms with Crippen molar-refractivity contribution in [3.8, 4) is 0 Å². The molecule has 1 unspecified atom stereocenters. The molecule has 1 saturated heterocycles. The lowest BCUT2D eigenvalue weighted by atomic mass is 10.0. The van der Waals surface area contributed by atoms with Gasteiger partial charge in [0.15, 0.2) is 0 Å². The number of pyridine rings is 1. The van der Waals surface area contributed by atoms with Gasteiger partial charge < -0.3 is 5.32 Å². The van der Waals surface area contributed by atoms with Gasteiger partial charge in [-0.15, -0.1) is 0 Å². The summed E-state index contributed by atoms with van der Waals surface area (Å²) in [5.74, 6) is 0.645. The Hall–Kier alpha value is -0.890. The summed E-state index contributed by atoms with van der Waals surface area (Å²) in [5.41, 5.74) is 2.61. The lowest BCUT2D eigenvalue weighted by Gasteiger charge is -2.09. The van der Waals surface area contributed by atoms with Crippen LogP contribution in [0, 0.1) is 6.92 Å². The zero-order valence-electron chi connectivity index (χ0n) is 7.38. The molecule has 1 aliphatic rings. The highest BCUT2D eigenvalue weighted by Crippen LogP contribution is 2.22. The summed E-state index contributed by atoms with van der Waals surface area (Å²) in [7, 11) is 0. The monoisotopic (exact) mass is 162 g/mol. The molecule has 1 aliphatic heterocycles. The van der Waals surface area contributed by atoms with Crippen molar-refractivity contribution in [3.05, 3.63) is 29.6 Å². The van der Waals surface area contributed by atoms with Crippen LogP contribution < -0.4 is 5.32 Å². The minimum absolute atomic E-state index is 0.645. The molecule has 12 heavy (non-hydrogen) atoms. The Morgan fingerprint density at radius 3 is 3.17 bits per heavy atom. The van der Waals surface area contributed by atoms with Crippen LogP contribution in [0.4, 0.5) is 0 Å². The van der Waals surface area contributed by atoms with E-state index in [1.54, 1.807) is 0 Å². The van der Waals surface area contributed by atoms with E-state index in [-0.39, 0.29) is 0 Å². The van der Waals surface area contributed by atoms with Gasteiger partial charge in [0, 0.05) is 24.4 Å². The zero-order chi connectivity index (χ0) is 8.39. The van der Waals surface area contributed by atoms with E-state index >= 15 is 0 Å². The van der Waals surface area contributed by atoms with Crippen molar-refractivity contribution in [2.24, 2.45) is 0 Å². The van der Waals surface area contributed by atoms with Crippen molar-refractivity contribution < 1.29 is 0 Å². The van der Waals surface area contributed by atoms with Crippen molar-refractivity contribution >= 4 is 0 Å². The molecule has 2 nitrogen and oxygen atoms in total. The van der Waals surface area contributed by atoms with Crippen LogP contribution in [0.25, 0.3) is 0 Å². The third-order valence-electron chi connectivity index (χ3n) is 2.50. The standard InChI is InChI=1S/C10H14N2/c1-8-3-2-5-12-10(8)9-4-6-11-7-9/h2-3,5,9,11H,4,6-7H2,1H3. The zero-order valence-corrected chi connectivity index (χ0v) is 7.38. The lowest BCUT2D eigenvalue weighted by Crippen LogP contribution is -2.09. The van der Waals surface area contributed by atoms with Crippen molar-refractivity contribution in [3.63, 3.8) is 0 Å². The molecule has 0 radical (unpaired) electrons. The first kappa shape index (κ1) is 7.74. The second-order valence-electron chi connectivity index (χ2n) is 3.40. The number of hydrogen-bond donors (Lipinski definition) is 1. The van der Waals surface area contributed by atoms with E-state index in [1.165, 1.54) is 17.7 Å². The summed E-state index contributed by atoms with van der Waals surface area (Å²) in [4.78, 5) is 4.42. The van der Waals surface area contributed by atoms with Crippen LogP contribution in [0.3, 0.4) is 0 Å². The molecule has 0 saturated carbocycles. The van der Waals surface area contributed by atoms with Gasteiger partial charge in [0.2, 0.25) is 0 Å². The molecule has 1 atom stereocenters. The van der Waals surface area contributed by atoms with Crippen LogP contribution >= 0.6 is 0 Å². The fourth-order valence-corrected chi connectivity index (χ4v) is 1.81. The summed E-state index contributed by atoms with van der Waals surface area (Å²) in [6.07, 6.45) is 3.12. The van der Waals surface area contributed by atoms with Gasteiger partial charge in [-0.1, -0.05) is 6.07 Å². The smallest absolute Gasteiger partial charge is 0.0476 e. The first-order valence-corrected chi connectivity index (χ1v) is 4.50. The number of nitrogens with one attached hydrogen (secondary N) is 1. The van der Waals surface area contributed by atoms with E-state index < -0.39 is 0 Å². The molecule has 1 N–H and O–H groups in total. The normalized spacial score (nSPS) is 22.9. The highest BCUT2D eigenvalue weighted by Gasteiger charge is 2.18. The Morgan fingerprint density at radius 2 is 2.50 bits per heavy atom. The largest absolute Gasteiger partial charge is 0.316 e. The molecular weight excluding hydrogens is 148 g/mol. The van der Waals surface area contributed by atoms with E-state index in [0.29, 0.717) is 5.92 Å². The van der Waals surface area contributed by atoms with Crippen LogP contribution in [0.15, 0.2) is 18.3 Å². The minimum atomic E-state index is 0.645. The van der Waals surface area contributed by atoms with Crippen molar-refractivity contribution in [2.45, 2.75) is 19.3 Å². The van der Waals surface area contributed by atoms with Crippen molar-refractivity contribution in [1.82, 2.24) is 10.3 Å². The maximum Gasteiger partial charge on any atom is 0.0476 e. The quantitative estimate of drug-likeness (QED) is 0.676. The van der Waals surface area contributed by atoms with E-state index in [4.69, 9.17) is 0 Å². The van der Waals surface area contributed by atoms with Crippen LogP contribution in [0.1, 0.15) is 23.6 Å². The van der Waals surface area contributed by atoms with Crippen LogP contribution in [0.2, 0.25) is 0 Å². The van der Waals surface area contributed by atoms with E-state index in [1.807, 2.05) is 12.3 Å². The van der Waals surface area contributed by atoms with Gasteiger partial charge >= 0.3 is 0 Å². The molecule has 2 heteroatoms. The Morgan fingerprint density at radius 1 is 1.58 bits per heavy atom. The molecule has 0 amide bonds. The van der Waals surface area contributed by atoms with Crippen LogP contribution in [0.5, 0.6) is 0 Å². The topological polar surface area (TPSA) is 24.9 Å². The van der Waals surface area contributed by atoms with Crippen molar-refractivity contribution in [2.75, 3.05) is 13.1 Å². The van der Waals surface area contributed by atoms with Gasteiger partial charge in [-0.2, -0.15) is 0 Å². The lowest BCUT2D eigenvalue weighted by molar-refractivity contribution is 0.728. The summed E-state index contributed by atoms with van der Waals surface area (Å²) >= 11 is 0. The third-order valence-corrected chi connectivity index (χ3v) is 2.50. The second kappa shape index (κ2) is 3.23. The fraction of sp³-hybridized carbons (Fsp3) is 0.500. The van der Waals surface area contributed by atoms with Crippen LogP contribution in [-0.4, -0.2) is 18.1 Å². The van der Waals surface area contributed by atoms with E-state index in [2.05, 4.69) is 23.3 Å². The molecule has 1 aromatic heterocycles. The van der Waals surface area contributed by atoms with Crippen molar-refractivity contribution in [1.29, 1.82) is 0 Å². The van der Waals surface area contributed by atoms with Gasteiger partial charge in [0.25, 0.3) is 0 Å². The number of nitrogens with zero attached hydrogens (tertiary/aromatic N) is 1. The summed E-state index contributed by atoms with van der Waals surface area (Å²) in [6.45, 7) is 4.37. The van der Waals surface area contributed by atoms with Gasteiger partial charge in [0.1, 0.15) is 0 Å². The Labute approximate surface area is 73.0 Å². The molecule has 64 valence electrons. The first-order chi connectivity index (χ1) is 5.88. The molecule has 1 aromatic rings. The molecule has 2 heterocycles. The second-order valence-corrected chi connectivity index (χ2v) is 3.40. The molecule has 0 spiro atoms. The molecular formula is C10H14N2. The molecule has 1 fully saturated rings. The van der Waals surface area contributed by atoms with Crippen LogP contribution in [-0.2, 0) is 0 Å². The Bertz CT molecular complexity index is 264. The summed E-state index contributed by atoms with van der Waals surface area (Å²) < 4.78 is 0. The van der Waals surface area contributed by atoms with Gasteiger partial charge in [0.05, 0.1) is 0 Å². The third kappa shape index (κ3) is 1.34. The molecule has 0 bridgehead atoms. The maximum absolute atomic E-state index is 4.42. The first-order valence-electron chi connectivity index (χ1n) is 4.50. The van der Waals surface area contributed by atoms with Gasteiger partial charge in [-0.25, -0.2) is 0 Å². The maximum atomic E-state index is 4.42. The average Bonchev–Trinajstić information content (AvgIpc) is 2.57. The van der Waals surface area contributed by atoms with E-state index in [9.17, 15) is 0 Å². The highest BCUT2D eigenvalue weighted by molar-refractivity contribution is 5.22. The van der Waals surface area contributed by atoms with Gasteiger partial charge in [-0.3, -0.25) is 4.98 Å². The predicted octanol–water partition coefficient (Wildman–Crippen LogP) is 1.47. The number of hydrogen-bond acceptors (Lipinski definition) is 2. The fourth-order valence-electron chi connectivity index (χ4n) is 1.81. The molecule has 0 aliphatic carbocycles. The Kier molecular flexibility index (Phi) is 2.09.